The lowest BCUT2D eigenvalue weighted by Crippen LogP contribution is -2.42. The summed E-state index contributed by atoms with van der Waals surface area (Å²) in [6.07, 6.45) is 1.19. The minimum atomic E-state index is -0.299. The second-order valence-corrected chi connectivity index (χ2v) is 6.48. The van der Waals surface area contributed by atoms with Crippen molar-refractivity contribution in [2.24, 2.45) is 17.6 Å². The Kier molecular flexibility index (Phi) is 3.42. The van der Waals surface area contributed by atoms with Crippen molar-refractivity contribution in [3.8, 4) is 11.1 Å². The Morgan fingerprint density at radius 3 is 2.83 bits per heavy atom. The van der Waals surface area contributed by atoms with Crippen LogP contribution in [0.1, 0.15) is 16.8 Å². The third kappa shape index (κ3) is 2.43. The Balaban J connectivity index is 1.71. The first-order valence-electron chi connectivity index (χ1n) is 8.05. The van der Waals surface area contributed by atoms with Crippen molar-refractivity contribution in [1.82, 2.24) is 4.90 Å². The predicted molar refractivity (Wildman–Crippen MR) is 87.3 cm³/mol. The Labute approximate surface area is 134 Å². The summed E-state index contributed by atoms with van der Waals surface area (Å²) in [6.45, 7) is 1.30. The van der Waals surface area contributed by atoms with Crippen molar-refractivity contribution in [3.63, 3.8) is 0 Å². The lowest BCUT2D eigenvalue weighted by Gasteiger charge is -2.27. The summed E-state index contributed by atoms with van der Waals surface area (Å²) in [5.41, 5.74) is 8.00. The van der Waals surface area contributed by atoms with Crippen LogP contribution in [0.5, 0.6) is 0 Å². The number of halogens is 1. The summed E-state index contributed by atoms with van der Waals surface area (Å²) in [6, 6.07) is 13.9. The standard InChI is InChI=1S/C19H19FN2O/c20-14-5-3-4-12(8-14)15-6-1-2-7-16(15)19(23)22-11-13-9-17(13)18(22)10-21/h1-8,13,17-18H,9-11,21H2/t13-,17-,18+/m0/s1. The Morgan fingerprint density at radius 1 is 1.22 bits per heavy atom. The SMILES string of the molecule is NC[C@@H]1[C@H]2C[C@H]2CN1C(=O)c1ccccc1-c1cccc(F)c1. The van der Waals surface area contributed by atoms with E-state index in [0.717, 1.165) is 17.7 Å². The summed E-state index contributed by atoms with van der Waals surface area (Å²) >= 11 is 0. The summed E-state index contributed by atoms with van der Waals surface area (Å²) in [5.74, 6) is 0.902. The molecule has 0 aromatic heterocycles. The van der Waals surface area contributed by atoms with Gasteiger partial charge in [-0.3, -0.25) is 4.79 Å². The molecule has 4 rings (SSSR count). The van der Waals surface area contributed by atoms with E-state index in [1.165, 1.54) is 18.6 Å². The molecule has 2 aromatic carbocycles. The molecule has 1 amide bonds. The van der Waals surface area contributed by atoms with Gasteiger partial charge in [-0.05, 0) is 47.6 Å². The minimum Gasteiger partial charge on any atom is -0.334 e. The summed E-state index contributed by atoms with van der Waals surface area (Å²) in [7, 11) is 0. The highest BCUT2D eigenvalue weighted by Crippen LogP contribution is 2.49. The maximum atomic E-state index is 13.5. The zero-order valence-electron chi connectivity index (χ0n) is 12.8. The Morgan fingerprint density at radius 2 is 2.04 bits per heavy atom. The van der Waals surface area contributed by atoms with Crippen molar-refractivity contribution in [3.05, 3.63) is 59.9 Å². The van der Waals surface area contributed by atoms with E-state index in [4.69, 9.17) is 5.73 Å². The van der Waals surface area contributed by atoms with Crippen LogP contribution in [0.4, 0.5) is 4.39 Å². The molecule has 1 aliphatic heterocycles. The van der Waals surface area contributed by atoms with Crippen LogP contribution in [0.25, 0.3) is 11.1 Å². The molecule has 1 saturated carbocycles. The number of piperidine rings is 1. The summed E-state index contributed by atoms with van der Waals surface area (Å²) < 4.78 is 13.5. The molecule has 23 heavy (non-hydrogen) atoms. The molecule has 3 atom stereocenters. The maximum absolute atomic E-state index is 13.5. The third-order valence-electron chi connectivity index (χ3n) is 5.10. The van der Waals surface area contributed by atoms with Gasteiger partial charge < -0.3 is 10.6 Å². The van der Waals surface area contributed by atoms with Crippen molar-refractivity contribution in [1.29, 1.82) is 0 Å². The molecule has 1 saturated heterocycles. The molecule has 0 bridgehead atoms. The van der Waals surface area contributed by atoms with E-state index in [1.807, 2.05) is 35.2 Å². The van der Waals surface area contributed by atoms with Gasteiger partial charge in [0.15, 0.2) is 0 Å². The van der Waals surface area contributed by atoms with Gasteiger partial charge in [0.25, 0.3) is 5.91 Å². The van der Waals surface area contributed by atoms with E-state index in [2.05, 4.69) is 0 Å². The van der Waals surface area contributed by atoms with Gasteiger partial charge in [0.1, 0.15) is 5.82 Å². The van der Waals surface area contributed by atoms with Gasteiger partial charge in [-0.25, -0.2) is 4.39 Å². The molecule has 0 radical (unpaired) electrons. The molecule has 0 spiro atoms. The second kappa shape index (κ2) is 5.46. The van der Waals surface area contributed by atoms with Crippen molar-refractivity contribution < 1.29 is 9.18 Å². The molecule has 2 fully saturated rings. The first-order valence-corrected chi connectivity index (χ1v) is 8.05. The summed E-state index contributed by atoms with van der Waals surface area (Å²) in [5, 5.41) is 0. The zero-order valence-corrected chi connectivity index (χ0v) is 12.8. The molecule has 1 aliphatic carbocycles. The fraction of sp³-hybridized carbons (Fsp3) is 0.316. The first-order chi connectivity index (χ1) is 11.2. The first kappa shape index (κ1) is 14.4. The van der Waals surface area contributed by atoms with Gasteiger partial charge in [0.2, 0.25) is 0 Å². The quantitative estimate of drug-likeness (QED) is 0.947. The highest BCUT2D eigenvalue weighted by molar-refractivity contribution is 6.01. The van der Waals surface area contributed by atoms with Gasteiger partial charge in [0, 0.05) is 24.7 Å². The van der Waals surface area contributed by atoms with Gasteiger partial charge in [-0.2, -0.15) is 0 Å². The molecule has 2 aromatic rings. The fourth-order valence-electron chi connectivity index (χ4n) is 3.84. The van der Waals surface area contributed by atoms with Gasteiger partial charge >= 0.3 is 0 Å². The van der Waals surface area contributed by atoms with Crippen LogP contribution in [-0.2, 0) is 0 Å². The number of likely N-dealkylation sites (tertiary alicyclic amines) is 1. The normalized spacial score (nSPS) is 25.3. The van der Waals surface area contributed by atoms with Crippen LogP contribution in [0, 0.1) is 17.7 Å². The second-order valence-electron chi connectivity index (χ2n) is 6.48. The lowest BCUT2D eigenvalue weighted by atomic mass is 9.98. The van der Waals surface area contributed by atoms with E-state index < -0.39 is 0 Å². The highest BCUT2D eigenvalue weighted by atomic mass is 19.1. The highest BCUT2D eigenvalue weighted by Gasteiger charge is 2.53. The number of rotatable bonds is 3. The smallest absolute Gasteiger partial charge is 0.254 e. The largest absolute Gasteiger partial charge is 0.334 e. The van der Waals surface area contributed by atoms with Gasteiger partial charge in [-0.1, -0.05) is 30.3 Å². The van der Waals surface area contributed by atoms with Crippen molar-refractivity contribution in [2.45, 2.75) is 12.5 Å². The average Bonchev–Trinajstić information content (AvgIpc) is 3.25. The number of hydrogen-bond donors (Lipinski definition) is 1. The molecule has 3 nitrogen and oxygen atoms in total. The fourth-order valence-corrected chi connectivity index (χ4v) is 3.84. The molecule has 4 heteroatoms. The molecule has 0 unspecified atom stereocenters. The molecule has 118 valence electrons. The number of carbonyl (C=O) groups is 1. The van der Waals surface area contributed by atoms with Crippen LogP contribution in [-0.4, -0.2) is 29.9 Å². The molecule has 2 aliphatic rings. The van der Waals surface area contributed by atoms with Crippen LogP contribution in [0.2, 0.25) is 0 Å². The third-order valence-corrected chi connectivity index (χ3v) is 5.10. The number of nitrogens with two attached hydrogens (primary N) is 1. The van der Waals surface area contributed by atoms with Crippen LogP contribution >= 0.6 is 0 Å². The Bertz CT molecular complexity index is 761. The van der Waals surface area contributed by atoms with Crippen molar-refractivity contribution >= 4 is 5.91 Å². The molecular formula is C19H19FN2O. The number of nitrogens with zero attached hydrogens (tertiary/aromatic N) is 1. The number of benzene rings is 2. The number of fused-ring (bicyclic) bond motifs is 1. The monoisotopic (exact) mass is 310 g/mol. The molecule has 2 N–H and O–H groups in total. The van der Waals surface area contributed by atoms with E-state index in [0.29, 0.717) is 23.9 Å². The average molecular weight is 310 g/mol. The van der Waals surface area contributed by atoms with Gasteiger partial charge in [0.05, 0.1) is 0 Å². The van der Waals surface area contributed by atoms with Crippen LogP contribution in [0.3, 0.4) is 0 Å². The van der Waals surface area contributed by atoms with E-state index in [1.54, 1.807) is 6.07 Å². The number of amides is 1. The minimum absolute atomic E-state index is 0.00695. The number of carbonyl (C=O) groups excluding carboxylic acids is 1. The van der Waals surface area contributed by atoms with Crippen LogP contribution in [0.15, 0.2) is 48.5 Å². The lowest BCUT2D eigenvalue weighted by molar-refractivity contribution is 0.0713. The topological polar surface area (TPSA) is 46.3 Å². The molecular weight excluding hydrogens is 291 g/mol. The zero-order chi connectivity index (χ0) is 16.0. The van der Waals surface area contributed by atoms with E-state index in [9.17, 15) is 9.18 Å². The predicted octanol–water partition coefficient (Wildman–Crippen LogP) is 2.91. The van der Waals surface area contributed by atoms with Crippen LogP contribution < -0.4 is 5.73 Å². The Hall–Kier alpha value is -2.20. The maximum Gasteiger partial charge on any atom is 0.254 e. The van der Waals surface area contributed by atoms with E-state index >= 15 is 0 Å². The van der Waals surface area contributed by atoms with Gasteiger partial charge in [-0.15, -0.1) is 0 Å². The van der Waals surface area contributed by atoms with Crippen molar-refractivity contribution in [2.75, 3.05) is 13.1 Å². The molecule has 1 heterocycles. The summed E-state index contributed by atoms with van der Waals surface area (Å²) in [4.78, 5) is 15.0. The number of hydrogen-bond acceptors (Lipinski definition) is 2. The van der Waals surface area contributed by atoms with E-state index in [-0.39, 0.29) is 17.8 Å².